The molecular formula is C36H40N4O. The second-order valence-corrected chi connectivity index (χ2v) is 12.0. The van der Waals surface area contributed by atoms with Gasteiger partial charge in [-0.25, -0.2) is 0 Å². The zero-order chi connectivity index (χ0) is 28.0. The van der Waals surface area contributed by atoms with E-state index in [4.69, 9.17) is 0 Å². The summed E-state index contributed by atoms with van der Waals surface area (Å²) in [5, 5.41) is 10.4. The topological polar surface area (TPSA) is 63.1 Å². The second-order valence-electron chi connectivity index (χ2n) is 12.0. The number of hydrogen-bond donors (Lipinski definition) is 1. The molecule has 3 aromatic carbocycles. The minimum atomic E-state index is 0.288. The van der Waals surface area contributed by atoms with Gasteiger partial charge in [0.1, 0.15) is 0 Å². The van der Waals surface area contributed by atoms with E-state index in [0.29, 0.717) is 23.8 Å². The van der Waals surface area contributed by atoms with E-state index in [1.807, 2.05) is 18.2 Å². The number of likely N-dealkylation sites (tertiary alicyclic amines) is 2. The number of hydrogen-bond acceptors (Lipinski definition) is 4. The summed E-state index contributed by atoms with van der Waals surface area (Å²) in [5.74, 6) is 1.49. The SMILES string of the molecule is N#Cc1ccc2[nH]cc(CN3CCC(c4ccc(C(=O)CCC5CCN(Cc6ccccc6)CC5)cc4)CC3)c2c1. The lowest BCUT2D eigenvalue weighted by molar-refractivity contribution is 0.0961. The van der Waals surface area contributed by atoms with Gasteiger partial charge in [0.05, 0.1) is 11.6 Å². The first-order valence-electron chi connectivity index (χ1n) is 15.3. The van der Waals surface area contributed by atoms with Gasteiger partial charge in [-0.2, -0.15) is 5.26 Å². The van der Waals surface area contributed by atoms with Gasteiger partial charge in [0.15, 0.2) is 5.78 Å². The highest BCUT2D eigenvalue weighted by atomic mass is 16.1. The number of fused-ring (bicyclic) bond motifs is 1. The van der Waals surface area contributed by atoms with Gasteiger partial charge in [-0.3, -0.25) is 14.6 Å². The van der Waals surface area contributed by atoms with Crippen molar-refractivity contribution in [1.29, 1.82) is 5.26 Å². The third-order valence-electron chi connectivity index (χ3n) is 9.32. The van der Waals surface area contributed by atoms with Crippen molar-refractivity contribution in [2.24, 2.45) is 5.92 Å². The fraction of sp³-hybridized carbons (Fsp3) is 0.389. The third kappa shape index (κ3) is 6.78. The second kappa shape index (κ2) is 12.9. The summed E-state index contributed by atoms with van der Waals surface area (Å²) >= 11 is 0. The molecule has 210 valence electrons. The van der Waals surface area contributed by atoms with Crippen LogP contribution in [-0.4, -0.2) is 46.7 Å². The third-order valence-corrected chi connectivity index (χ3v) is 9.32. The van der Waals surface area contributed by atoms with E-state index in [1.54, 1.807) is 0 Å². The van der Waals surface area contributed by atoms with Crippen molar-refractivity contribution >= 4 is 16.7 Å². The number of carbonyl (C=O) groups excluding carboxylic acids is 1. The first-order chi connectivity index (χ1) is 20.1. The monoisotopic (exact) mass is 544 g/mol. The Morgan fingerprint density at radius 2 is 1.56 bits per heavy atom. The standard InChI is InChI=1S/C36H40N4O/c37-23-29-6-12-35-34(22-29)33(24-38-35)26-40-20-16-31(17-21-40)30-8-10-32(11-9-30)36(41)13-7-27-14-18-39(19-15-27)25-28-4-2-1-3-5-28/h1-6,8-12,22,24,27,31,38H,7,13-21,25-26H2. The molecular weight excluding hydrogens is 504 g/mol. The molecule has 2 aliphatic heterocycles. The van der Waals surface area contributed by atoms with Crippen LogP contribution in [-0.2, 0) is 13.1 Å². The maximum absolute atomic E-state index is 13.0. The average molecular weight is 545 g/mol. The molecule has 0 saturated carbocycles. The Balaban J connectivity index is 0.940. The number of benzene rings is 3. The van der Waals surface area contributed by atoms with Crippen LogP contribution in [0.3, 0.4) is 0 Å². The van der Waals surface area contributed by atoms with Crippen LogP contribution >= 0.6 is 0 Å². The Morgan fingerprint density at radius 3 is 2.29 bits per heavy atom. The molecule has 0 amide bonds. The summed E-state index contributed by atoms with van der Waals surface area (Å²) < 4.78 is 0. The van der Waals surface area contributed by atoms with Gasteiger partial charge in [0.2, 0.25) is 0 Å². The van der Waals surface area contributed by atoms with Crippen molar-refractivity contribution in [3.63, 3.8) is 0 Å². The molecule has 5 nitrogen and oxygen atoms in total. The summed E-state index contributed by atoms with van der Waals surface area (Å²) in [6, 6.07) is 27.3. The summed E-state index contributed by atoms with van der Waals surface area (Å²) in [5.41, 5.74) is 6.67. The van der Waals surface area contributed by atoms with Crippen LogP contribution in [0, 0.1) is 17.2 Å². The Hall–Kier alpha value is -3.72. The van der Waals surface area contributed by atoms with E-state index in [2.05, 4.69) is 81.6 Å². The highest BCUT2D eigenvalue weighted by Crippen LogP contribution is 2.31. The number of piperidine rings is 2. The molecule has 2 saturated heterocycles. The van der Waals surface area contributed by atoms with E-state index < -0.39 is 0 Å². The van der Waals surface area contributed by atoms with Crippen LogP contribution in [0.15, 0.2) is 79.0 Å². The number of nitrogens with one attached hydrogen (secondary N) is 1. The first kappa shape index (κ1) is 27.4. The molecule has 0 bridgehead atoms. The number of nitrogens with zero attached hydrogens (tertiary/aromatic N) is 3. The molecule has 1 N–H and O–H groups in total. The van der Waals surface area contributed by atoms with Crippen molar-refractivity contribution in [2.75, 3.05) is 26.2 Å². The molecule has 2 fully saturated rings. The normalized spacial score (nSPS) is 17.5. The maximum atomic E-state index is 13.0. The molecule has 4 aromatic rings. The minimum absolute atomic E-state index is 0.288. The molecule has 0 spiro atoms. The number of nitriles is 1. The predicted molar refractivity (Wildman–Crippen MR) is 165 cm³/mol. The van der Waals surface area contributed by atoms with E-state index in [1.165, 1.54) is 29.5 Å². The maximum Gasteiger partial charge on any atom is 0.162 e. The summed E-state index contributed by atoms with van der Waals surface area (Å²) in [4.78, 5) is 21.4. The predicted octanol–water partition coefficient (Wildman–Crippen LogP) is 7.29. The molecule has 6 rings (SSSR count). The highest BCUT2D eigenvalue weighted by Gasteiger charge is 2.23. The quantitative estimate of drug-likeness (QED) is 0.225. The lowest BCUT2D eigenvalue weighted by atomic mass is 9.87. The molecule has 0 atom stereocenters. The highest BCUT2D eigenvalue weighted by molar-refractivity contribution is 5.96. The molecule has 0 radical (unpaired) electrons. The van der Waals surface area contributed by atoms with Crippen molar-refractivity contribution in [2.45, 2.75) is 57.5 Å². The van der Waals surface area contributed by atoms with Crippen LogP contribution in [0.1, 0.15) is 77.1 Å². The Kier molecular flexibility index (Phi) is 8.60. The lowest BCUT2D eigenvalue weighted by Crippen LogP contribution is -2.33. The number of aromatic amines is 1. The van der Waals surface area contributed by atoms with Crippen LogP contribution in [0.4, 0.5) is 0 Å². The largest absolute Gasteiger partial charge is 0.361 e. The van der Waals surface area contributed by atoms with Gasteiger partial charge < -0.3 is 4.98 Å². The number of aromatic nitrogens is 1. The number of Topliss-reactive ketones (excluding diaryl/α,β-unsaturated/α-hetero) is 1. The zero-order valence-corrected chi connectivity index (χ0v) is 23.9. The summed E-state index contributed by atoms with van der Waals surface area (Å²) in [6.07, 6.45) is 8.39. The van der Waals surface area contributed by atoms with Crippen molar-refractivity contribution in [1.82, 2.24) is 14.8 Å². The van der Waals surface area contributed by atoms with Gasteiger partial charge in [0, 0.05) is 42.2 Å². The van der Waals surface area contributed by atoms with Gasteiger partial charge in [-0.05, 0) is 105 Å². The minimum Gasteiger partial charge on any atom is -0.361 e. The molecule has 41 heavy (non-hydrogen) atoms. The van der Waals surface area contributed by atoms with E-state index in [-0.39, 0.29) is 5.78 Å². The first-order valence-corrected chi connectivity index (χ1v) is 15.3. The van der Waals surface area contributed by atoms with Gasteiger partial charge in [-0.1, -0.05) is 54.6 Å². The molecule has 0 unspecified atom stereocenters. The van der Waals surface area contributed by atoms with Crippen LogP contribution in [0.25, 0.3) is 10.9 Å². The number of rotatable bonds is 9. The van der Waals surface area contributed by atoms with Crippen LogP contribution < -0.4 is 0 Å². The zero-order valence-electron chi connectivity index (χ0n) is 23.9. The van der Waals surface area contributed by atoms with Crippen LogP contribution in [0.2, 0.25) is 0 Å². The molecule has 2 aliphatic rings. The fourth-order valence-corrected chi connectivity index (χ4v) is 6.74. The van der Waals surface area contributed by atoms with Crippen molar-refractivity contribution < 1.29 is 4.79 Å². The number of carbonyl (C=O) groups is 1. The van der Waals surface area contributed by atoms with Crippen molar-refractivity contribution in [3.05, 3.63) is 107 Å². The smallest absolute Gasteiger partial charge is 0.162 e. The molecule has 0 aliphatic carbocycles. The number of ketones is 1. The van der Waals surface area contributed by atoms with Gasteiger partial charge >= 0.3 is 0 Å². The molecule has 3 heterocycles. The van der Waals surface area contributed by atoms with Gasteiger partial charge in [-0.15, -0.1) is 0 Å². The number of H-pyrrole nitrogens is 1. The summed E-state index contributed by atoms with van der Waals surface area (Å²) in [7, 11) is 0. The molecule has 5 heteroatoms. The van der Waals surface area contributed by atoms with Crippen molar-refractivity contribution in [3.8, 4) is 6.07 Å². The Morgan fingerprint density at radius 1 is 0.854 bits per heavy atom. The lowest BCUT2D eigenvalue weighted by Gasteiger charge is -2.32. The Bertz CT molecular complexity index is 1480. The Labute approximate surface area is 243 Å². The fourth-order valence-electron chi connectivity index (χ4n) is 6.74. The summed E-state index contributed by atoms with van der Waals surface area (Å²) in [6.45, 7) is 6.31. The van der Waals surface area contributed by atoms with E-state index in [0.717, 1.165) is 75.0 Å². The van der Waals surface area contributed by atoms with E-state index in [9.17, 15) is 10.1 Å². The van der Waals surface area contributed by atoms with E-state index >= 15 is 0 Å². The van der Waals surface area contributed by atoms with Gasteiger partial charge in [0.25, 0.3) is 0 Å². The molecule has 1 aromatic heterocycles. The average Bonchev–Trinajstić information content (AvgIpc) is 3.43. The van der Waals surface area contributed by atoms with Crippen LogP contribution in [0.5, 0.6) is 0 Å².